The predicted molar refractivity (Wildman–Crippen MR) is 85.3 cm³/mol. The number of aryl methyl sites for hydroxylation is 2. The van der Waals surface area contributed by atoms with Crippen molar-refractivity contribution in [3.05, 3.63) is 34.9 Å². The van der Waals surface area contributed by atoms with Crippen LogP contribution >= 0.6 is 0 Å². The van der Waals surface area contributed by atoms with Crippen molar-refractivity contribution in [2.24, 2.45) is 0 Å². The number of ether oxygens (including phenoxy) is 1. The van der Waals surface area contributed by atoms with Gasteiger partial charge >= 0.3 is 0 Å². The van der Waals surface area contributed by atoms with E-state index in [-0.39, 0.29) is 30.6 Å². The molecule has 1 aromatic rings. The highest BCUT2D eigenvalue weighted by atomic mass is 16.5. The number of carbonyl (C=O) groups excluding carboxylic acids is 2. The van der Waals surface area contributed by atoms with Crippen LogP contribution in [0.5, 0.6) is 0 Å². The van der Waals surface area contributed by atoms with E-state index in [0.717, 1.165) is 31.2 Å². The van der Waals surface area contributed by atoms with Crippen LogP contribution in [0.3, 0.4) is 0 Å². The van der Waals surface area contributed by atoms with Crippen molar-refractivity contribution in [3.63, 3.8) is 0 Å². The molecule has 0 bridgehead atoms. The monoisotopic (exact) mass is 314 g/mol. The van der Waals surface area contributed by atoms with Crippen LogP contribution in [0.15, 0.2) is 18.2 Å². The molecule has 1 aromatic carbocycles. The molecular formula is C18H22N2O3. The van der Waals surface area contributed by atoms with Crippen molar-refractivity contribution in [1.29, 1.82) is 0 Å². The van der Waals surface area contributed by atoms with Crippen LogP contribution in [0.4, 0.5) is 0 Å². The van der Waals surface area contributed by atoms with Crippen molar-refractivity contribution in [3.8, 4) is 0 Å². The fraction of sp³-hybridized carbons (Fsp3) is 0.556. The Labute approximate surface area is 136 Å². The Balaban J connectivity index is 1.47. The molecule has 23 heavy (non-hydrogen) atoms. The van der Waals surface area contributed by atoms with Gasteiger partial charge in [-0.1, -0.05) is 6.07 Å². The average Bonchev–Trinajstić information content (AvgIpc) is 2.93. The summed E-state index contributed by atoms with van der Waals surface area (Å²) < 4.78 is 5.62. The third kappa shape index (κ3) is 2.85. The van der Waals surface area contributed by atoms with Crippen LogP contribution in [-0.2, 0) is 22.4 Å². The summed E-state index contributed by atoms with van der Waals surface area (Å²) in [6.07, 6.45) is 4.98. The van der Waals surface area contributed by atoms with E-state index < -0.39 is 0 Å². The maximum Gasteiger partial charge on any atom is 0.253 e. The second-order valence-corrected chi connectivity index (χ2v) is 6.73. The molecule has 1 aliphatic carbocycles. The van der Waals surface area contributed by atoms with Crippen molar-refractivity contribution >= 4 is 11.8 Å². The predicted octanol–water partition coefficient (Wildman–Crippen LogP) is 1.29. The summed E-state index contributed by atoms with van der Waals surface area (Å²) in [5, 5.41) is 2.99. The summed E-state index contributed by atoms with van der Waals surface area (Å²) in [5.74, 6) is 0.0503. The summed E-state index contributed by atoms with van der Waals surface area (Å²) in [7, 11) is 0. The van der Waals surface area contributed by atoms with Gasteiger partial charge in [-0.3, -0.25) is 9.59 Å². The number of carbonyl (C=O) groups is 2. The smallest absolute Gasteiger partial charge is 0.253 e. The summed E-state index contributed by atoms with van der Waals surface area (Å²) in [6.45, 7) is 1.49. The molecule has 0 saturated carbocycles. The number of benzene rings is 1. The Kier molecular flexibility index (Phi) is 3.81. The van der Waals surface area contributed by atoms with Crippen molar-refractivity contribution in [2.45, 2.75) is 44.2 Å². The van der Waals surface area contributed by atoms with Gasteiger partial charge < -0.3 is 15.0 Å². The molecule has 0 spiro atoms. The zero-order chi connectivity index (χ0) is 15.8. The number of rotatable bonds is 1. The molecule has 2 aliphatic heterocycles. The highest BCUT2D eigenvalue weighted by molar-refractivity contribution is 5.94. The topological polar surface area (TPSA) is 58.6 Å². The molecule has 5 nitrogen and oxygen atoms in total. The molecule has 0 radical (unpaired) electrons. The van der Waals surface area contributed by atoms with E-state index in [2.05, 4.69) is 17.4 Å². The van der Waals surface area contributed by atoms with E-state index in [9.17, 15) is 9.59 Å². The Morgan fingerprint density at radius 3 is 2.91 bits per heavy atom. The lowest BCUT2D eigenvalue weighted by Crippen LogP contribution is -2.51. The first-order chi connectivity index (χ1) is 11.2. The maximum atomic E-state index is 12.8. The summed E-state index contributed by atoms with van der Waals surface area (Å²) >= 11 is 0. The van der Waals surface area contributed by atoms with Crippen LogP contribution in [0.25, 0.3) is 0 Å². The molecule has 2 amide bonds. The standard InChI is InChI=1S/C18H22N2O3/c21-17-11-23-16-7-9-20(8-6-15(16)19-17)18(22)14-5-4-12-2-1-3-13(12)10-14/h4-5,10,15-16H,1-3,6-9,11H2,(H,19,21)/t15-,16-/m0/s1. The number of hydrogen-bond donors (Lipinski definition) is 1. The van der Waals surface area contributed by atoms with Crippen LogP contribution in [-0.4, -0.2) is 48.6 Å². The van der Waals surface area contributed by atoms with E-state index in [1.165, 1.54) is 17.5 Å². The average molecular weight is 314 g/mol. The minimum Gasteiger partial charge on any atom is -0.366 e. The molecule has 5 heteroatoms. The minimum absolute atomic E-state index is 0.0329. The van der Waals surface area contributed by atoms with E-state index in [1.54, 1.807) is 0 Å². The maximum absolute atomic E-state index is 12.8. The van der Waals surface area contributed by atoms with Crippen molar-refractivity contribution < 1.29 is 14.3 Å². The van der Waals surface area contributed by atoms with Crippen LogP contribution < -0.4 is 5.32 Å². The first-order valence-electron chi connectivity index (χ1n) is 8.53. The Morgan fingerprint density at radius 2 is 2.00 bits per heavy atom. The zero-order valence-electron chi connectivity index (χ0n) is 13.2. The van der Waals surface area contributed by atoms with Gasteiger partial charge in [0.15, 0.2) is 0 Å². The lowest BCUT2D eigenvalue weighted by molar-refractivity contribution is -0.136. The van der Waals surface area contributed by atoms with Crippen LogP contribution in [0.1, 0.15) is 40.7 Å². The van der Waals surface area contributed by atoms with Gasteiger partial charge in [0.2, 0.25) is 5.91 Å². The molecular weight excluding hydrogens is 292 g/mol. The minimum atomic E-state index is -0.0513. The number of morpholine rings is 1. The van der Waals surface area contributed by atoms with Gasteiger partial charge in [-0.05, 0) is 55.4 Å². The Bertz CT molecular complexity index is 643. The molecule has 0 aromatic heterocycles. The van der Waals surface area contributed by atoms with E-state index in [0.29, 0.717) is 13.1 Å². The molecule has 2 saturated heterocycles. The fourth-order valence-corrected chi connectivity index (χ4v) is 3.96. The fourth-order valence-electron chi connectivity index (χ4n) is 3.96. The zero-order valence-corrected chi connectivity index (χ0v) is 13.2. The van der Waals surface area contributed by atoms with Gasteiger partial charge in [-0.15, -0.1) is 0 Å². The van der Waals surface area contributed by atoms with Crippen LogP contribution in [0.2, 0.25) is 0 Å². The molecule has 1 N–H and O–H groups in total. The van der Waals surface area contributed by atoms with Gasteiger partial charge in [0.05, 0.1) is 12.1 Å². The van der Waals surface area contributed by atoms with E-state index in [4.69, 9.17) is 4.74 Å². The van der Waals surface area contributed by atoms with Gasteiger partial charge in [0.25, 0.3) is 5.91 Å². The number of hydrogen-bond acceptors (Lipinski definition) is 3. The summed E-state index contributed by atoms with van der Waals surface area (Å²) in [6, 6.07) is 6.18. The molecule has 3 aliphatic rings. The Morgan fingerprint density at radius 1 is 1.17 bits per heavy atom. The third-order valence-corrected chi connectivity index (χ3v) is 5.25. The lowest BCUT2D eigenvalue weighted by atomic mass is 10.0. The number of nitrogens with one attached hydrogen (secondary N) is 1. The first kappa shape index (κ1) is 14.7. The van der Waals surface area contributed by atoms with Crippen molar-refractivity contribution in [1.82, 2.24) is 10.2 Å². The van der Waals surface area contributed by atoms with Gasteiger partial charge in [-0.2, -0.15) is 0 Å². The highest BCUT2D eigenvalue weighted by Crippen LogP contribution is 2.24. The molecule has 2 heterocycles. The SMILES string of the molecule is O=C1CO[C@H]2CCN(C(=O)c3ccc4c(c3)CCC4)CC[C@@H]2N1. The first-order valence-corrected chi connectivity index (χ1v) is 8.53. The van der Waals surface area contributed by atoms with Crippen LogP contribution in [0, 0.1) is 0 Å². The third-order valence-electron chi connectivity index (χ3n) is 5.25. The molecule has 0 unspecified atom stereocenters. The van der Waals surface area contributed by atoms with E-state index in [1.807, 2.05) is 11.0 Å². The number of nitrogens with zero attached hydrogens (tertiary/aromatic N) is 1. The Hall–Kier alpha value is -1.88. The largest absolute Gasteiger partial charge is 0.366 e. The quantitative estimate of drug-likeness (QED) is 0.850. The highest BCUT2D eigenvalue weighted by Gasteiger charge is 2.33. The summed E-state index contributed by atoms with van der Waals surface area (Å²) in [4.78, 5) is 26.2. The molecule has 122 valence electrons. The molecule has 4 rings (SSSR count). The second kappa shape index (κ2) is 5.96. The van der Waals surface area contributed by atoms with Gasteiger partial charge in [-0.25, -0.2) is 0 Å². The molecule has 2 fully saturated rings. The van der Waals surface area contributed by atoms with Gasteiger partial charge in [0, 0.05) is 18.7 Å². The van der Waals surface area contributed by atoms with E-state index >= 15 is 0 Å². The van der Waals surface area contributed by atoms with Gasteiger partial charge in [0.1, 0.15) is 6.61 Å². The number of likely N-dealkylation sites (tertiary alicyclic amines) is 1. The molecule has 2 atom stereocenters. The lowest BCUT2D eigenvalue weighted by Gasteiger charge is -2.30. The second-order valence-electron chi connectivity index (χ2n) is 6.73. The van der Waals surface area contributed by atoms with Crippen molar-refractivity contribution in [2.75, 3.05) is 19.7 Å². The number of amides is 2. The summed E-state index contributed by atoms with van der Waals surface area (Å²) in [5.41, 5.74) is 3.51. The normalized spacial score (nSPS) is 27.0. The number of fused-ring (bicyclic) bond motifs is 2.